The van der Waals surface area contributed by atoms with E-state index in [4.69, 9.17) is 0 Å². The molecule has 6 nitrogen and oxygen atoms in total. The highest BCUT2D eigenvalue weighted by molar-refractivity contribution is 5.42. The van der Waals surface area contributed by atoms with Gasteiger partial charge in [0.15, 0.2) is 5.65 Å². The molecule has 90 valence electrons. The topological polar surface area (TPSA) is 68.0 Å². The van der Waals surface area contributed by atoms with E-state index in [2.05, 4.69) is 32.9 Å². The van der Waals surface area contributed by atoms with Crippen molar-refractivity contribution in [2.75, 3.05) is 11.9 Å². The van der Waals surface area contributed by atoms with Gasteiger partial charge < -0.3 is 5.32 Å². The maximum atomic E-state index is 4.30. The molecular formula is C11H16N6. The van der Waals surface area contributed by atoms with Crippen molar-refractivity contribution in [2.24, 2.45) is 5.41 Å². The molecular weight excluding hydrogens is 216 g/mol. The first kappa shape index (κ1) is 10.4. The van der Waals surface area contributed by atoms with Crippen LogP contribution in [0.5, 0.6) is 0 Å². The Bertz CT molecular complexity index is 510. The van der Waals surface area contributed by atoms with E-state index in [-0.39, 0.29) is 0 Å². The molecule has 2 aromatic heterocycles. The van der Waals surface area contributed by atoms with Crippen LogP contribution in [0, 0.1) is 5.41 Å². The fourth-order valence-electron chi connectivity index (χ4n) is 2.35. The second-order valence-corrected chi connectivity index (χ2v) is 4.81. The number of aromatic nitrogens is 5. The number of fused-ring (bicyclic) bond motifs is 1. The average molecular weight is 232 g/mol. The Morgan fingerprint density at radius 2 is 2.29 bits per heavy atom. The minimum Gasteiger partial charge on any atom is -0.368 e. The van der Waals surface area contributed by atoms with Crippen molar-refractivity contribution in [3.8, 4) is 0 Å². The molecule has 0 atom stereocenters. The van der Waals surface area contributed by atoms with Gasteiger partial charge in [0.1, 0.15) is 5.82 Å². The Balaban J connectivity index is 1.71. The lowest BCUT2D eigenvalue weighted by Crippen LogP contribution is -2.36. The van der Waals surface area contributed by atoms with Gasteiger partial charge in [0.25, 0.3) is 0 Å². The number of rotatable bonds is 4. The van der Waals surface area contributed by atoms with Gasteiger partial charge in [-0.3, -0.25) is 0 Å². The summed E-state index contributed by atoms with van der Waals surface area (Å²) in [5.74, 6) is 0.838. The number of hydrogen-bond donors (Lipinski definition) is 1. The van der Waals surface area contributed by atoms with Crippen molar-refractivity contribution < 1.29 is 0 Å². The van der Waals surface area contributed by atoms with Gasteiger partial charge in [-0.15, -0.1) is 14.8 Å². The standard InChI is InChI=1S/C11H16N6/c1-2-11(6-3-7-11)8-12-9-4-5-10-13-15-16-17(10)14-9/h4-5H,2-3,6-8H2,1H3,(H,12,14). The molecule has 1 aliphatic carbocycles. The van der Waals surface area contributed by atoms with Crippen LogP contribution in [0.1, 0.15) is 32.6 Å². The van der Waals surface area contributed by atoms with E-state index in [9.17, 15) is 0 Å². The lowest BCUT2D eigenvalue weighted by atomic mass is 9.67. The van der Waals surface area contributed by atoms with Gasteiger partial charge in [0.05, 0.1) is 0 Å². The predicted molar refractivity (Wildman–Crippen MR) is 63.6 cm³/mol. The normalized spacial score (nSPS) is 17.9. The van der Waals surface area contributed by atoms with Crippen molar-refractivity contribution in [3.63, 3.8) is 0 Å². The Morgan fingerprint density at radius 1 is 1.41 bits per heavy atom. The van der Waals surface area contributed by atoms with Crippen LogP contribution in [0.15, 0.2) is 12.1 Å². The van der Waals surface area contributed by atoms with E-state index in [0.717, 1.165) is 12.4 Å². The fraction of sp³-hybridized carbons (Fsp3) is 0.636. The van der Waals surface area contributed by atoms with Crippen molar-refractivity contribution in [1.82, 2.24) is 25.3 Å². The summed E-state index contributed by atoms with van der Waals surface area (Å²) < 4.78 is 1.45. The summed E-state index contributed by atoms with van der Waals surface area (Å²) in [5, 5.41) is 18.9. The van der Waals surface area contributed by atoms with Gasteiger partial charge in [-0.1, -0.05) is 13.3 Å². The number of nitrogens with zero attached hydrogens (tertiary/aromatic N) is 5. The van der Waals surface area contributed by atoms with E-state index in [1.165, 1.54) is 30.3 Å². The third-order valence-electron chi connectivity index (χ3n) is 3.88. The molecule has 2 heterocycles. The molecule has 0 radical (unpaired) electrons. The molecule has 6 heteroatoms. The molecule has 0 unspecified atom stereocenters. The number of nitrogens with one attached hydrogen (secondary N) is 1. The van der Waals surface area contributed by atoms with Gasteiger partial charge in [-0.05, 0) is 47.2 Å². The van der Waals surface area contributed by atoms with Gasteiger partial charge in [0, 0.05) is 6.54 Å². The predicted octanol–water partition coefficient (Wildman–Crippen LogP) is 1.51. The van der Waals surface area contributed by atoms with Crippen LogP contribution in [-0.4, -0.2) is 31.8 Å². The smallest absolute Gasteiger partial charge is 0.200 e. The summed E-state index contributed by atoms with van der Waals surface area (Å²) in [5.41, 5.74) is 1.15. The summed E-state index contributed by atoms with van der Waals surface area (Å²) >= 11 is 0. The third-order valence-corrected chi connectivity index (χ3v) is 3.88. The van der Waals surface area contributed by atoms with E-state index in [0.29, 0.717) is 11.1 Å². The highest BCUT2D eigenvalue weighted by Gasteiger charge is 2.34. The maximum Gasteiger partial charge on any atom is 0.200 e. The first-order chi connectivity index (χ1) is 8.31. The first-order valence-electron chi connectivity index (χ1n) is 6.11. The molecule has 1 N–H and O–H groups in total. The Labute approximate surface area is 99.4 Å². The summed E-state index contributed by atoms with van der Waals surface area (Å²) in [6.07, 6.45) is 5.23. The molecule has 17 heavy (non-hydrogen) atoms. The third kappa shape index (κ3) is 1.83. The van der Waals surface area contributed by atoms with E-state index < -0.39 is 0 Å². The zero-order chi connectivity index (χ0) is 11.7. The number of hydrogen-bond acceptors (Lipinski definition) is 5. The van der Waals surface area contributed by atoms with Gasteiger partial charge in [0.2, 0.25) is 0 Å². The molecule has 0 amide bonds. The summed E-state index contributed by atoms with van der Waals surface area (Å²) in [4.78, 5) is 0. The highest BCUT2D eigenvalue weighted by Crippen LogP contribution is 2.43. The van der Waals surface area contributed by atoms with Crippen molar-refractivity contribution in [1.29, 1.82) is 0 Å². The van der Waals surface area contributed by atoms with Crippen molar-refractivity contribution in [2.45, 2.75) is 32.6 Å². The van der Waals surface area contributed by atoms with Gasteiger partial charge in [-0.2, -0.15) is 0 Å². The van der Waals surface area contributed by atoms with Gasteiger partial charge in [-0.25, -0.2) is 0 Å². The van der Waals surface area contributed by atoms with Crippen LogP contribution in [0.3, 0.4) is 0 Å². The molecule has 3 rings (SSSR count). The number of tetrazole rings is 1. The summed E-state index contributed by atoms with van der Waals surface area (Å²) in [6.45, 7) is 3.25. The van der Waals surface area contributed by atoms with E-state index >= 15 is 0 Å². The molecule has 1 saturated carbocycles. The Morgan fingerprint density at radius 3 is 3.00 bits per heavy atom. The molecule has 0 aliphatic heterocycles. The van der Waals surface area contributed by atoms with Crippen LogP contribution >= 0.6 is 0 Å². The van der Waals surface area contributed by atoms with E-state index in [1.807, 2.05) is 12.1 Å². The molecule has 1 fully saturated rings. The fourth-order valence-corrected chi connectivity index (χ4v) is 2.35. The lowest BCUT2D eigenvalue weighted by molar-refractivity contribution is 0.145. The van der Waals surface area contributed by atoms with Gasteiger partial charge >= 0.3 is 0 Å². The van der Waals surface area contributed by atoms with Crippen LogP contribution in [-0.2, 0) is 0 Å². The molecule has 0 spiro atoms. The second kappa shape index (κ2) is 3.94. The Kier molecular flexibility index (Phi) is 2.42. The van der Waals surface area contributed by atoms with E-state index in [1.54, 1.807) is 0 Å². The maximum absolute atomic E-state index is 4.30. The Hall–Kier alpha value is -1.72. The molecule has 2 aromatic rings. The summed E-state index contributed by atoms with van der Waals surface area (Å²) in [7, 11) is 0. The summed E-state index contributed by atoms with van der Waals surface area (Å²) in [6, 6.07) is 3.79. The molecule has 0 aromatic carbocycles. The molecule has 1 aliphatic rings. The highest BCUT2D eigenvalue weighted by atomic mass is 15.6. The molecule has 0 bridgehead atoms. The number of anilines is 1. The monoisotopic (exact) mass is 232 g/mol. The minimum absolute atomic E-state index is 0.483. The lowest BCUT2D eigenvalue weighted by Gasteiger charge is -2.41. The zero-order valence-electron chi connectivity index (χ0n) is 9.93. The second-order valence-electron chi connectivity index (χ2n) is 4.81. The van der Waals surface area contributed by atoms with Crippen molar-refractivity contribution >= 4 is 11.5 Å². The van der Waals surface area contributed by atoms with Crippen molar-refractivity contribution in [3.05, 3.63) is 12.1 Å². The quantitative estimate of drug-likeness (QED) is 0.865. The average Bonchev–Trinajstić information content (AvgIpc) is 2.75. The minimum atomic E-state index is 0.483. The van der Waals surface area contributed by atoms with Crippen LogP contribution < -0.4 is 5.32 Å². The van der Waals surface area contributed by atoms with Crippen LogP contribution in [0.2, 0.25) is 0 Å². The SMILES string of the molecule is CCC1(CNc2ccc3nnnn3n2)CCC1. The zero-order valence-corrected chi connectivity index (χ0v) is 9.93. The molecule has 0 saturated heterocycles. The van der Waals surface area contributed by atoms with Crippen LogP contribution in [0.4, 0.5) is 5.82 Å². The largest absolute Gasteiger partial charge is 0.368 e. The van der Waals surface area contributed by atoms with Crippen LogP contribution in [0.25, 0.3) is 5.65 Å². The first-order valence-corrected chi connectivity index (χ1v) is 6.11.